The van der Waals surface area contributed by atoms with E-state index in [0.29, 0.717) is 32.1 Å². The summed E-state index contributed by atoms with van der Waals surface area (Å²) in [7, 11) is 0. The number of rotatable bonds is 8. The molecule has 0 radical (unpaired) electrons. The Labute approximate surface area is 108 Å². The summed E-state index contributed by atoms with van der Waals surface area (Å²) in [4.78, 5) is 20.3. The van der Waals surface area contributed by atoms with Gasteiger partial charge in [0.25, 0.3) is 0 Å². The van der Waals surface area contributed by atoms with E-state index >= 15 is 0 Å². The molecule has 0 aromatic carbocycles. The van der Waals surface area contributed by atoms with Gasteiger partial charge in [-0.05, 0) is 32.1 Å². The van der Waals surface area contributed by atoms with E-state index in [9.17, 15) is 9.59 Å². The topological polar surface area (TPSA) is 127 Å². The minimum absolute atomic E-state index is 0.133. The summed E-state index contributed by atoms with van der Waals surface area (Å²) in [6, 6.07) is 0. The molecular weight excluding hydrogens is 236 g/mol. The van der Waals surface area contributed by atoms with Gasteiger partial charge in [0.05, 0.1) is 6.10 Å². The fourth-order valence-corrected chi connectivity index (χ4v) is 1.24. The molecule has 2 unspecified atom stereocenters. The maximum atomic E-state index is 10.2. The van der Waals surface area contributed by atoms with Crippen LogP contribution in [-0.2, 0) is 9.59 Å². The first-order valence-corrected chi connectivity index (χ1v) is 6.15. The van der Waals surface area contributed by atoms with E-state index in [1.165, 1.54) is 0 Å². The first-order chi connectivity index (χ1) is 8.29. The lowest BCUT2D eigenvalue weighted by atomic mass is 10.0. The van der Waals surface area contributed by atoms with Crippen molar-refractivity contribution >= 4 is 11.8 Å². The third-order valence-electron chi connectivity index (χ3n) is 2.22. The molecule has 0 saturated heterocycles. The van der Waals surface area contributed by atoms with E-state index in [2.05, 4.69) is 0 Å². The Morgan fingerprint density at radius 1 is 1.11 bits per heavy atom. The van der Waals surface area contributed by atoms with Crippen LogP contribution in [0.4, 0.5) is 0 Å². The molecule has 108 valence electrons. The molecule has 0 aliphatic heterocycles. The zero-order valence-corrected chi connectivity index (χ0v) is 11.3. The van der Waals surface area contributed by atoms with Crippen molar-refractivity contribution in [2.75, 3.05) is 6.61 Å². The van der Waals surface area contributed by atoms with E-state index < -0.39 is 0 Å². The van der Waals surface area contributed by atoms with Crippen molar-refractivity contribution in [3.05, 3.63) is 0 Å². The largest absolute Gasteiger partial charge is 0.396 e. The normalized spacial score (nSPS) is 13.1. The summed E-state index contributed by atoms with van der Waals surface area (Å²) in [5.41, 5.74) is 9.76. The highest BCUT2D eigenvalue weighted by Gasteiger charge is 2.03. The SMILES string of the molecule is CC(CCO)CC(N)=O.CC(O)CCCC(N)=O. The number of aliphatic hydroxyl groups is 2. The summed E-state index contributed by atoms with van der Waals surface area (Å²) in [5.74, 6) is -0.376. The summed E-state index contributed by atoms with van der Waals surface area (Å²) in [5, 5.41) is 17.1. The first-order valence-electron chi connectivity index (χ1n) is 6.15. The standard InChI is InChI=1S/2C6H13NO2/c1-5(2-3-8)4-6(7)9;1-5(8)3-2-4-6(7)9/h2*5,8H,2-4H2,1H3,(H2,7,9). The molecule has 0 aliphatic rings. The number of carbonyl (C=O) groups is 2. The van der Waals surface area contributed by atoms with Gasteiger partial charge in [0.2, 0.25) is 11.8 Å². The zero-order valence-electron chi connectivity index (χ0n) is 11.3. The minimum Gasteiger partial charge on any atom is -0.396 e. The maximum Gasteiger partial charge on any atom is 0.217 e. The Morgan fingerprint density at radius 3 is 2.00 bits per heavy atom. The van der Waals surface area contributed by atoms with E-state index in [0.717, 1.165) is 0 Å². The molecule has 2 atom stereocenters. The maximum absolute atomic E-state index is 10.2. The van der Waals surface area contributed by atoms with Crippen LogP contribution in [0.5, 0.6) is 0 Å². The van der Waals surface area contributed by atoms with Gasteiger partial charge in [-0.15, -0.1) is 0 Å². The summed E-state index contributed by atoms with van der Waals surface area (Å²) < 4.78 is 0. The predicted molar refractivity (Wildman–Crippen MR) is 69.4 cm³/mol. The van der Waals surface area contributed by atoms with Crippen molar-refractivity contribution in [2.24, 2.45) is 17.4 Å². The highest BCUT2D eigenvalue weighted by molar-refractivity contribution is 5.74. The molecule has 0 fully saturated rings. The Hall–Kier alpha value is -1.14. The quantitative estimate of drug-likeness (QED) is 0.487. The second kappa shape index (κ2) is 12.3. The molecule has 2 amide bonds. The van der Waals surface area contributed by atoms with Crippen LogP contribution in [-0.4, -0.2) is 34.7 Å². The third kappa shape index (κ3) is 20.3. The second-order valence-corrected chi connectivity index (χ2v) is 4.50. The molecule has 0 aromatic rings. The van der Waals surface area contributed by atoms with E-state index in [1.54, 1.807) is 6.92 Å². The van der Waals surface area contributed by atoms with Crippen molar-refractivity contribution in [3.63, 3.8) is 0 Å². The van der Waals surface area contributed by atoms with Crippen LogP contribution in [0.1, 0.15) is 46.0 Å². The van der Waals surface area contributed by atoms with Gasteiger partial charge in [-0.25, -0.2) is 0 Å². The fourth-order valence-electron chi connectivity index (χ4n) is 1.24. The molecule has 0 bridgehead atoms. The lowest BCUT2D eigenvalue weighted by Crippen LogP contribution is -2.15. The first kappa shape index (κ1) is 19.2. The summed E-state index contributed by atoms with van der Waals surface area (Å²) in [6.07, 6.45) is 2.44. The zero-order chi connectivity index (χ0) is 14.6. The summed E-state index contributed by atoms with van der Waals surface area (Å²) >= 11 is 0. The van der Waals surface area contributed by atoms with Crippen LogP contribution in [0.25, 0.3) is 0 Å². The van der Waals surface area contributed by atoms with Crippen molar-refractivity contribution < 1.29 is 19.8 Å². The molecular formula is C12H26N2O4. The van der Waals surface area contributed by atoms with Crippen molar-refractivity contribution in [3.8, 4) is 0 Å². The monoisotopic (exact) mass is 262 g/mol. The lowest BCUT2D eigenvalue weighted by Gasteiger charge is -2.04. The fraction of sp³-hybridized carbons (Fsp3) is 0.833. The van der Waals surface area contributed by atoms with Gasteiger partial charge in [-0.3, -0.25) is 9.59 Å². The van der Waals surface area contributed by atoms with E-state index in [4.69, 9.17) is 21.7 Å². The average Bonchev–Trinajstić information content (AvgIpc) is 2.16. The Morgan fingerprint density at radius 2 is 1.67 bits per heavy atom. The number of nitrogens with two attached hydrogens (primary N) is 2. The average molecular weight is 262 g/mol. The Kier molecular flexibility index (Phi) is 13.1. The third-order valence-corrected chi connectivity index (χ3v) is 2.22. The van der Waals surface area contributed by atoms with Crippen molar-refractivity contribution in [2.45, 2.75) is 52.1 Å². The van der Waals surface area contributed by atoms with Crippen LogP contribution < -0.4 is 11.5 Å². The van der Waals surface area contributed by atoms with Crippen LogP contribution >= 0.6 is 0 Å². The summed E-state index contributed by atoms with van der Waals surface area (Å²) in [6.45, 7) is 3.72. The van der Waals surface area contributed by atoms with Gasteiger partial charge in [-0.2, -0.15) is 0 Å². The second-order valence-electron chi connectivity index (χ2n) is 4.50. The van der Waals surface area contributed by atoms with Crippen LogP contribution in [0.15, 0.2) is 0 Å². The number of primary amides is 2. The van der Waals surface area contributed by atoms with Crippen molar-refractivity contribution in [1.82, 2.24) is 0 Å². The highest BCUT2D eigenvalue weighted by Crippen LogP contribution is 2.04. The predicted octanol–water partition coefficient (Wildman–Crippen LogP) is -0.0969. The number of amides is 2. The molecule has 0 saturated carbocycles. The number of carbonyl (C=O) groups excluding carboxylic acids is 2. The van der Waals surface area contributed by atoms with Gasteiger partial charge >= 0.3 is 0 Å². The number of hydrogen-bond acceptors (Lipinski definition) is 4. The number of aliphatic hydroxyl groups excluding tert-OH is 2. The van der Waals surface area contributed by atoms with Gasteiger partial charge < -0.3 is 21.7 Å². The molecule has 18 heavy (non-hydrogen) atoms. The van der Waals surface area contributed by atoms with Gasteiger partial charge in [0.15, 0.2) is 0 Å². The Bertz CT molecular complexity index is 232. The smallest absolute Gasteiger partial charge is 0.217 e. The van der Waals surface area contributed by atoms with Gasteiger partial charge in [0, 0.05) is 19.4 Å². The molecule has 0 spiro atoms. The van der Waals surface area contributed by atoms with Crippen LogP contribution in [0.2, 0.25) is 0 Å². The molecule has 0 rings (SSSR count). The number of hydrogen-bond donors (Lipinski definition) is 4. The molecule has 6 N–H and O–H groups in total. The molecule has 6 nitrogen and oxygen atoms in total. The lowest BCUT2D eigenvalue weighted by molar-refractivity contribution is -0.119. The van der Waals surface area contributed by atoms with Crippen molar-refractivity contribution in [1.29, 1.82) is 0 Å². The molecule has 6 heteroatoms. The van der Waals surface area contributed by atoms with Gasteiger partial charge in [-0.1, -0.05) is 6.92 Å². The molecule has 0 aromatic heterocycles. The van der Waals surface area contributed by atoms with E-state index in [-0.39, 0.29) is 30.4 Å². The highest BCUT2D eigenvalue weighted by atomic mass is 16.3. The van der Waals surface area contributed by atoms with Crippen LogP contribution in [0.3, 0.4) is 0 Å². The minimum atomic E-state index is -0.315. The molecule has 0 aliphatic carbocycles. The van der Waals surface area contributed by atoms with Gasteiger partial charge in [0.1, 0.15) is 0 Å². The van der Waals surface area contributed by atoms with Crippen LogP contribution in [0, 0.1) is 5.92 Å². The van der Waals surface area contributed by atoms with E-state index in [1.807, 2.05) is 6.92 Å². The Balaban J connectivity index is 0. The molecule has 0 heterocycles.